The topological polar surface area (TPSA) is 70.8 Å². The van der Waals surface area contributed by atoms with Crippen LogP contribution >= 0.6 is 11.3 Å². The van der Waals surface area contributed by atoms with Crippen molar-refractivity contribution in [3.63, 3.8) is 0 Å². The van der Waals surface area contributed by atoms with Crippen molar-refractivity contribution >= 4 is 22.2 Å². The third-order valence-corrected chi connectivity index (χ3v) is 4.52. The molecule has 3 rings (SSSR count). The van der Waals surface area contributed by atoms with Crippen LogP contribution in [-0.2, 0) is 6.18 Å². The van der Waals surface area contributed by atoms with E-state index in [1.165, 1.54) is 12.3 Å². The summed E-state index contributed by atoms with van der Waals surface area (Å²) < 4.78 is 44.3. The summed E-state index contributed by atoms with van der Waals surface area (Å²) in [6, 6.07) is 10.8. The zero-order chi connectivity index (χ0) is 20.3. The average Bonchev–Trinajstić information content (AvgIpc) is 3.12. The van der Waals surface area contributed by atoms with Crippen LogP contribution in [0.25, 0.3) is 0 Å². The Balaban J connectivity index is 1.95. The second-order valence-corrected chi connectivity index (χ2v) is 7.00. The molecule has 9 heteroatoms. The Hall–Kier alpha value is -3.12. The molecule has 0 aliphatic carbocycles. The highest BCUT2D eigenvalue weighted by Crippen LogP contribution is 2.36. The maximum Gasteiger partial charge on any atom is 0.434 e. The number of hydrogen-bond donors (Lipinski definition) is 1. The fraction of sp³-hybridized carbons (Fsp3) is 0.211. The third kappa shape index (κ3) is 4.40. The highest BCUT2D eigenvalue weighted by atomic mass is 32.1. The second kappa shape index (κ2) is 7.86. The van der Waals surface area contributed by atoms with Gasteiger partial charge >= 0.3 is 6.18 Å². The van der Waals surface area contributed by atoms with E-state index in [9.17, 15) is 13.2 Å². The smallest absolute Gasteiger partial charge is 0.434 e. The van der Waals surface area contributed by atoms with Gasteiger partial charge in [-0.05, 0) is 23.6 Å². The first-order valence-corrected chi connectivity index (χ1v) is 9.12. The number of aromatic nitrogens is 2. The summed E-state index contributed by atoms with van der Waals surface area (Å²) in [5.41, 5.74) is 0.450. The van der Waals surface area contributed by atoms with E-state index in [4.69, 9.17) is 10.00 Å². The van der Waals surface area contributed by atoms with Crippen molar-refractivity contribution in [1.29, 1.82) is 5.26 Å². The molecule has 0 saturated carbocycles. The molecule has 0 spiro atoms. The van der Waals surface area contributed by atoms with Crippen LogP contribution in [0.15, 0.2) is 41.9 Å². The number of anilines is 2. The summed E-state index contributed by atoms with van der Waals surface area (Å²) in [4.78, 5) is 7.69. The van der Waals surface area contributed by atoms with Gasteiger partial charge in [-0.2, -0.15) is 18.4 Å². The number of thiazole rings is 1. The van der Waals surface area contributed by atoms with E-state index in [-0.39, 0.29) is 28.2 Å². The van der Waals surface area contributed by atoms with Crippen molar-refractivity contribution in [1.82, 2.24) is 9.97 Å². The van der Waals surface area contributed by atoms with Crippen LogP contribution < -0.4 is 10.1 Å². The molecule has 0 bridgehead atoms. The molecule has 1 aromatic carbocycles. The minimum atomic E-state index is -4.53. The van der Waals surface area contributed by atoms with Gasteiger partial charge in [0.15, 0.2) is 10.8 Å². The third-order valence-electron chi connectivity index (χ3n) is 3.76. The number of pyridine rings is 1. The van der Waals surface area contributed by atoms with Gasteiger partial charge < -0.3 is 10.1 Å². The van der Waals surface area contributed by atoms with Crippen molar-refractivity contribution in [2.45, 2.75) is 25.9 Å². The van der Waals surface area contributed by atoms with Gasteiger partial charge in [0, 0.05) is 11.6 Å². The van der Waals surface area contributed by atoms with Gasteiger partial charge in [-0.3, -0.25) is 0 Å². The van der Waals surface area contributed by atoms with E-state index < -0.39 is 11.9 Å². The van der Waals surface area contributed by atoms with Crippen LogP contribution in [0.5, 0.6) is 11.6 Å². The average molecular weight is 404 g/mol. The van der Waals surface area contributed by atoms with Crippen molar-refractivity contribution in [2.75, 3.05) is 5.32 Å². The molecule has 0 aliphatic heterocycles. The predicted molar refractivity (Wildman–Crippen MR) is 100.0 cm³/mol. The number of rotatable bonds is 5. The van der Waals surface area contributed by atoms with Crippen LogP contribution in [-0.4, -0.2) is 9.97 Å². The van der Waals surface area contributed by atoms with Crippen LogP contribution in [0, 0.1) is 11.3 Å². The van der Waals surface area contributed by atoms with Gasteiger partial charge in [0.2, 0.25) is 5.88 Å². The minimum absolute atomic E-state index is 0.0196. The molecule has 0 saturated heterocycles. The van der Waals surface area contributed by atoms with Crippen LogP contribution in [0.4, 0.5) is 24.0 Å². The summed E-state index contributed by atoms with van der Waals surface area (Å²) in [5, 5.41) is 12.8. The largest absolute Gasteiger partial charge is 0.437 e. The van der Waals surface area contributed by atoms with Crippen molar-refractivity contribution in [3.8, 4) is 17.7 Å². The van der Waals surface area contributed by atoms with Gasteiger partial charge in [-0.1, -0.05) is 32.0 Å². The highest BCUT2D eigenvalue weighted by molar-refractivity contribution is 7.13. The Morgan fingerprint density at radius 2 is 2.00 bits per heavy atom. The standard InChI is InChI=1S/C19H15F3N4OS/c1-11(2)13-5-3-4-6-15(13)27-17-14(7-12(8-23)9-24-17)25-18-26-16(10-28-18)19(20,21)22/h3-7,9-11H,1-2H3,(H,25,26). The van der Waals surface area contributed by atoms with Gasteiger partial charge in [0.1, 0.15) is 17.5 Å². The highest BCUT2D eigenvalue weighted by Gasteiger charge is 2.33. The summed E-state index contributed by atoms with van der Waals surface area (Å²) >= 11 is 0.799. The molecule has 0 aliphatic rings. The molecule has 0 amide bonds. The number of ether oxygens (including phenoxy) is 1. The summed E-state index contributed by atoms with van der Waals surface area (Å²) in [6.45, 7) is 4.03. The maximum atomic E-state index is 12.8. The van der Waals surface area contributed by atoms with Gasteiger partial charge in [0.05, 0.1) is 5.56 Å². The van der Waals surface area contributed by atoms with Crippen molar-refractivity contribution in [2.24, 2.45) is 0 Å². The lowest BCUT2D eigenvalue weighted by molar-refractivity contribution is -0.140. The Bertz CT molecular complexity index is 1020. The SMILES string of the molecule is CC(C)c1ccccc1Oc1ncc(C#N)cc1Nc1nc(C(F)(F)F)cs1. The number of nitrogens with zero attached hydrogens (tertiary/aromatic N) is 3. The zero-order valence-electron chi connectivity index (χ0n) is 14.9. The van der Waals surface area contributed by atoms with E-state index in [1.807, 2.05) is 38.1 Å². The summed E-state index contributed by atoms with van der Waals surface area (Å²) in [6.07, 6.45) is -3.19. The number of hydrogen-bond acceptors (Lipinski definition) is 6. The number of halogens is 3. The normalized spacial score (nSPS) is 11.3. The number of nitrogens with one attached hydrogen (secondary N) is 1. The lowest BCUT2D eigenvalue weighted by Crippen LogP contribution is -2.05. The van der Waals surface area contributed by atoms with E-state index in [0.717, 1.165) is 22.3 Å². The Labute approximate surface area is 163 Å². The van der Waals surface area contributed by atoms with Crippen LogP contribution in [0.3, 0.4) is 0 Å². The van der Waals surface area contributed by atoms with E-state index in [1.54, 1.807) is 6.07 Å². The first-order valence-electron chi connectivity index (χ1n) is 8.24. The van der Waals surface area contributed by atoms with E-state index in [2.05, 4.69) is 15.3 Å². The summed E-state index contributed by atoms with van der Waals surface area (Å²) in [7, 11) is 0. The molecule has 0 radical (unpaired) electrons. The van der Waals surface area contributed by atoms with Gasteiger partial charge in [0.25, 0.3) is 0 Å². The Morgan fingerprint density at radius 1 is 1.25 bits per heavy atom. The van der Waals surface area contributed by atoms with Gasteiger partial charge in [-0.15, -0.1) is 11.3 Å². The molecule has 0 fully saturated rings. The maximum absolute atomic E-state index is 12.8. The number of benzene rings is 1. The van der Waals surface area contributed by atoms with Crippen LogP contribution in [0.1, 0.15) is 36.6 Å². The first-order chi connectivity index (χ1) is 13.3. The quantitative estimate of drug-likeness (QED) is 0.557. The molecule has 2 heterocycles. The molecule has 0 unspecified atom stereocenters. The lowest BCUT2D eigenvalue weighted by Gasteiger charge is -2.15. The molecule has 28 heavy (non-hydrogen) atoms. The zero-order valence-corrected chi connectivity index (χ0v) is 15.7. The Morgan fingerprint density at radius 3 is 2.64 bits per heavy atom. The second-order valence-electron chi connectivity index (χ2n) is 6.14. The van der Waals surface area contributed by atoms with Crippen LogP contribution in [0.2, 0.25) is 0 Å². The van der Waals surface area contributed by atoms with Crippen molar-refractivity contribution < 1.29 is 17.9 Å². The molecule has 1 N–H and O–H groups in total. The fourth-order valence-corrected chi connectivity index (χ4v) is 3.14. The molecule has 3 aromatic rings. The number of alkyl halides is 3. The molecular formula is C19H15F3N4OS. The minimum Gasteiger partial charge on any atom is -0.437 e. The molecule has 5 nitrogen and oxygen atoms in total. The Kier molecular flexibility index (Phi) is 5.51. The molecule has 144 valence electrons. The molecule has 2 aromatic heterocycles. The molecule has 0 atom stereocenters. The summed E-state index contributed by atoms with van der Waals surface area (Å²) in [5.74, 6) is 0.906. The van der Waals surface area contributed by atoms with Gasteiger partial charge in [-0.25, -0.2) is 9.97 Å². The molecular weight excluding hydrogens is 389 g/mol. The van der Waals surface area contributed by atoms with Crippen molar-refractivity contribution in [3.05, 3.63) is 58.7 Å². The van der Waals surface area contributed by atoms with E-state index >= 15 is 0 Å². The first kappa shape index (κ1) is 19.6. The number of para-hydroxylation sites is 1. The monoisotopic (exact) mass is 404 g/mol. The van der Waals surface area contributed by atoms with E-state index in [0.29, 0.717) is 5.75 Å². The fourth-order valence-electron chi connectivity index (χ4n) is 2.42. The number of nitriles is 1. The predicted octanol–water partition coefficient (Wildman–Crippen LogP) is 6.09. The lowest BCUT2D eigenvalue weighted by atomic mass is 10.0.